The summed E-state index contributed by atoms with van der Waals surface area (Å²) >= 11 is 0. The third-order valence-corrected chi connectivity index (χ3v) is 10.6. The molecule has 4 aliphatic heterocycles. The van der Waals surface area contributed by atoms with Gasteiger partial charge in [0.25, 0.3) is 11.7 Å². The molecule has 1 aromatic heterocycles. The molecular formula is C31H42N5O7+. The molecule has 6 aliphatic rings. The molecule has 5 heterocycles. The molecule has 232 valence electrons. The number of rotatable bonds is 6. The van der Waals surface area contributed by atoms with Crippen LogP contribution in [0.5, 0.6) is 5.88 Å². The van der Waals surface area contributed by atoms with Crippen LogP contribution in [0.1, 0.15) is 74.8 Å². The third-order valence-electron chi connectivity index (χ3n) is 10.6. The van der Waals surface area contributed by atoms with Crippen LogP contribution in [-0.4, -0.2) is 109 Å². The van der Waals surface area contributed by atoms with Crippen molar-refractivity contribution in [2.75, 3.05) is 58.6 Å². The highest BCUT2D eigenvalue weighted by Crippen LogP contribution is 2.56. The number of ether oxygens (including phenoxy) is 4. The predicted octanol–water partition coefficient (Wildman–Crippen LogP) is 3.13. The molecule has 0 bridgehead atoms. The van der Waals surface area contributed by atoms with Crippen LogP contribution in [0.3, 0.4) is 0 Å². The van der Waals surface area contributed by atoms with Gasteiger partial charge >= 0.3 is 11.8 Å². The molecule has 0 radical (unpaired) electrons. The zero-order valence-electron chi connectivity index (χ0n) is 25.2. The van der Waals surface area contributed by atoms with Crippen molar-refractivity contribution in [2.45, 2.75) is 76.0 Å². The van der Waals surface area contributed by atoms with Crippen molar-refractivity contribution in [1.82, 2.24) is 14.9 Å². The van der Waals surface area contributed by atoms with Crippen LogP contribution < -0.4 is 9.64 Å². The lowest BCUT2D eigenvalue weighted by atomic mass is 9.57. The number of ketones is 2. The number of urea groups is 1. The fourth-order valence-electron chi connectivity index (χ4n) is 8.14. The smallest absolute Gasteiger partial charge is 0.448 e. The Hall–Kier alpha value is -2.80. The number of aromatic nitrogens is 2. The second-order valence-electron chi connectivity index (χ2n) is 13.0. The van der Waals surface area contributed by atoms with Gasteiger partial charge in [-0.1, -0.05) is 17.8 Å². The van der Waals surface area contributed by atoms with Crippen molar-refractivity contribution in [3.8, 4) is 5.88 Å². The normalized spacial score (nSPS) is 33.3. The van der Waals surface area contributed by atoms with E-state index in [1.165, 1.54) is 9.48 Å². The first-order valence-corrected chi connectivity index (χ1v) is 15.9. The van der Waals surface area contributed by atoms with Crippen molar-refractivity contribution in [3.05, 3.63) is 5.82 Å². The first-order chi connectivity index (χ1) is 20.8. The van der Waals surface area contributed by atoms with Gasteiger partial charge in [-0.05, 0) is 58.5 Å². The van der Waals surface area contributed by atoms with Gasteiger partial charge in [0.05, 0.1) is 44.4 Å². The quantitative estimate of drug-likeness (QED) is 0.275. The Labute approximate surface area is 251 Å². The molecule has 3 saturated heterocycles. The zero-order chi connectivity index (χ0) is 29.8. The van der Waals surface area contributed by atoms with E-state index >= 15 is 0 Å². The fraction of sp³-hybridized carbons (Fsp3) is 0.742. The van der Waals surface area contributed by atoms with E-state index in [-0.39, 0.29) is 35.5 Å². The van der Waals surface area contributed by atoms with Crippen molar-refractivity contribution >= 4 is 35.3 Å². The minimum atomic E-state index is -0.952. The molecule has 12 nitrogen and oxygen atoms in total. The average molecular weight is 597 g/mol. The van der Waals surface area contributed by atoms with Crippen LogP contribution in [0.4, 0.5) is 16.3 Å². The number of anilines is 1. The van der Waals surface area contributed by atoms with Crippen LogP contribution in [0, 0.1) is 17.3 Å². The lowest BCUT2D eigenvalue weighted by molar-refractivity contribution is -0.324. The maximum atomic E-state index is 14.4. The molecule has 2 amide bonds. The second-order valence-corrected chi connectivity index (χ2v) is 13.0. The van der Waals surface area contributed by atoms with Gasteiger partial charge in [0.2, 0.25) is 11.5 Å². The molecule has 12 heteroatoms. The Balaban J connectivity index is 1.26. The van der Waals surface area contributed by atoms with E-state index in [2.05, 4.69) is 16.9 Å². The van der Waals surface area contributed by atoms with E-state index in [1.807, 2.05) is 6.21 Å². The molecular weight excluding hydrogens is 554 g/mol. The Morgan fingerprint density at radius 2 is 1.81 bits per heavy atom. The summed E-state index contributed by atoms with van der Waals surface area (Å²) in [5, 5.41) is 0. The third kappa shape index (κ3) is 4.72. The van der Waals surface area contributed by atoms with E-state index in [4.69, 9.17) is 23.9 Å². The second kappa shape index (κ2) is 11.3. The SMILES string of the molecule is CN1C(=O)/[N+](=C\C2CCOC2)c2nc(C(=O)C3CCC[C@@]4(CCCCC45OCCO5)C3=O)nc(OC[C@@H]3CCCN3C)c21. The molecule has 1 aromatic rings. The molecule has 5 fully saturated rings. The fourth-order valence-corrected chi connectivity index (χ4v) is 8.14. The van der Waals surface area contributed by atoms with Gasteiger partial charge in [-0.2, -0.15) is 9.56 Å². The van der Waals surface area contributed by atoms with Crippen LogP contribution >= 0.6 is 0 Å². The highest BCUT2D eigenvalue weighted by atomic mass is 16.7. The van der Waals surface area contributed by atoms with Gasteiger partial charge in [0, 0.05) is 25.0 Å². The number of likely N-dealkylation sites (tertiary alicyclic amines) is 1. The maximum Gasteiger partial charge on any atom is 0.448 e. The van der Waals surface area contributed by atoms with Crippen LogP contribution in [0.15, 0.2) is 0 Å². The molecule has 2 saturated carbocycles. The zero-order valence-corrected chi connectivity index (χ0v) is 25.2. The Kier molecular flexibility index (Phi) is 7.59. The topological polar surface area (TPSA) is 123 Å². The summed E-state index contributed by atoms with van der Waals surface area (Å²) in [7, 11) is 3.73. The number of hydrogen-bond acceptors (Lipinski definition) is 10. The van der Waals surface area contributed by atoms with Crippen molar-refractivity contribution in [2.24, 2.45) is 17.3 Å². The van der Waals surface area contributed by atoms with Crippen LogP contribution in [0.25, 0.3) is 0 Å². The highest BCUT2D eigenvalue weighted by Gasteiger charge is 2.64. The maximum absolute atomic E-state index is 14.4. The van der Waals surface area contributed by atoms with Crippen LogP contribution in [0.2, 0.25) is 0 Å². The predicted molar refractivity (Wildman–Crippen MR) is 154 cm³/mol. The van der Waals surface area contributed by atoms with Gasteiger partial charge < -0.3 is 23.8 Å². The molecule has 2 spiro atoms. The monoisotopic (exact) mass is 596 g/mol. The number of fused-ring (bicyclic) bond motifs is 2. The van der Waals surface area contributed by atoms with Gasteiger partial charge in [0.1, 0.15) is 6.61 Å². The first kappa shape index (κ1) is 28.9. The number of Topliss-reactive ketones (excluding diaryl/α,β-unsaturated/α-hetero) is 2. The molecule has 43 heavy (non-hydrogen) atoms. The molecule has 4 atom stereocenters. The largest absolute Gasteiger partial charge is 0.473 e. The van der Waals surface area contributed by atoms with Crippen LogP contribution in [-0.2, 0) is 19.0 Å². The van der Waals surface area contributed by atoms with Crippen molar-refractivity contribution < 1.29 is 37.9 Å². The number of likely N-dealkylation sites (N-methyl/N-ethyl adjacent to an activating group) is 1. The summed E-state index contributed by atoms with van der Waals surface area (Å²) in [4.78, 5) is 55.2. The Morgan fingerprint density at radius 3 is 2.56 bits per heavy atom. The molecule has 0 N–H and O–H groups in total. The standard InChI is InChI=1S/C31H42N5O7/c1-34-13-6-7-21(34)19-41-28-23-27(36(29(39)35(23)2)17-20-9-14-40-18-20)32-26(33-28)24(37)22-8-5-11-30(25(22)38)10-3-4-12-31(30)42-15-16-43-31/h17,20-22H,3-16,18-19H2,1-2H3/q+1/b36-17-/t20?,21-,22?,30-/m0/s1. The van der Waals surface area contributed by atoms with Crippen molar-refractivity contribution in [3.63, 3.8) is 0 Å². The molecule has 7 rings (SSSR count). The van der Waals surface area contributed by atoms with Gasteiger partial charge in [-0.15, -0.1) is 0 Å². The lowest BCUT2D eigenvalue weighted by Gasteiger charge is -2.51. The van der Waals surface area contributed by atoms with Gasteiger partial charge in [-0.25, -0.2) is 9.69 Å². The molecule has 2 aliphatic carbocycles. The number of nitrogens with zero attached hydrogens (tertiary/aromatic N) is 5. The summed E-state index contributed by atoms with van der Waals surface area (Å²) < 4.78 is 25.7. The van der Waals surface area contributed by atoms with E-state index in [0.717, 1.165) is 38.6 Å². The molecule has 0 aromatic carbocycles. The number of carbonyl (C=O) groups is 3. The summed E-state index contributed by atoms with van der Waals surface area (Å²) in [5.41, 5.74) is -0.412. The number of carbonyl (C=O) groups excluding carboxylic acids is 3. The summed E-state index contributed by atoms with van der Waals surface area (Å²) in [6, 6.07) is -0.0878. The number of hydrogen-bond donors (Lipinski definition) is 0. The van der Waals surface area contributed by atoms with E-state index in [1.54, 1.807) is 7.05 Å². The van der Waals surface area contributed by atoms with Gasteiger partial charge in [0.15, 0.2) is 11.6 Å². The molecule has 2 unspecified atom stereocenters. The van der Waals surface area contributed by atoms with E-state index < -0.39 is 22.9 Å². The summed E-state index contributed by atoms with van der Waals surface area (Å²) in [6.07, 6.45) is 9.62. The van der Waals surface area contributed by atoms with E-state index in [0.29, 0.717) is 76.6 Å². The lowest BCUT2D eigenvalue weighted by Crippen LogP contribution is -2.60. The average Bonchev–Trinajstić information content (AvgIpc) is 3.82. The Morgan fingerprint density at radius 1 is 1.02 bits per heavy atom. The summed E-state index contributed by atoms with van der Waals surface area (Å²) in [6.45, 7) is 3.42. The highest BCUT2D eigenvalue weighted by molar-refractivity contribution is 6.12. The summed E-state index contributed by atoms with van der Waals surface area (Å²) in [5.74, 6) is -1.96. The minimum Gasteiger partial charge on any atom is -0.473 e. The van der Waals surface area contributed by atoms with E-state index in [9.17, 15) is 14.4 Å². The van der Waals surface area contributed by atoms with Crippen molar-refractivity contribution in [1.29, 1.82) is 0 Å². The number of amides is 2. The first-order valence-electron chi connectivity index (χ1n) is 15.9. The minimum absolute atomic E-state index is 0.0441. The van der Waals surface area contributed by atoms with Gasteiger partial charge in [-0.3, -0.25) is 9.59 Å². The Bertz CT molecular complexity index is 1330.